The molecular weight excluding hydrogens is 252 g/mol. The molecule has 2 N–H and O–H groups in total. The van der Waals surface area contributed by atoms with Gasteiger partial charge in [0.15, 0.2) is 0 Å². The van der Waals surface area contributed by atoms with Crippen molar-refractivity contribution in [1.82, 2.24) is 10.2 Å². The highest BCUT2D eigenvalue weighted by molar-refractivity contribution is 5.75. The van der Waals surface area contributed by atoms with Crippen LogP contribution >= 0.6 is 0 Å². The molecule has 0 bridgehead atoms. The van der Waals surface area contributed by atoms with Gasteiger partial charge in [-0.2, -0.15) is 0 Å². The maximum atomic E-state index is 11.2. The lowest BCUT2D eigenvalue weighted by Crippen LogP contribution is -2.26. The molecular formula is C16H22N2O2. The molecule has 0 saturated heterocycles. The Labute approximate surface area is 120 Å². The van der Waals surface area contributed by atoms with E-state index in [0.717, 1.165) is 17.7 Å². The van der Waals surface area contributed by atoms with E-state index in [4.69, 9.17) is 5.11 Å². The van der Waals surface area contributed by atoms with Crippen LogP contribution in [-0.2, 0) is 11.3 Å². The van der Waals surface area contributed by atoms with Gasteiger partial charge in [-0.1, -0.05) is 30.0 Å². The Balaban J connectivity index is 2.63. The van der Waals surface area contributed by atoms with E-state index < -0.39 is 0 Å². The first kappa shape index (κ1) is 16.2. The van der Waals surface area contributed by atoms with Crippen molar-refractivity contribution < 1.29 is 9.90 Å². The number of hydrogen-bond acceptors (Lipinski definition) is 3. The molecule has 0 aliphatic heterocycles. The summed E-state index contributed by atoms with van der Waals surface area (Å²) in [7, 11) is 3.63. The highest BCUT2D eigenvalue weighted by Crippen LogP contribution is 2.10. The second kappa shape index (κ2) is 9.13. The monoisotopic (exact) mass is 274 g/mol. The van der Waals surface area contributed by atoms with E-state index in [1.165, 1.54) is 0 Å². The fraction of sp³-hybridized carbons (Fsp3) is 0.438. The molecule has 0 aliphatic rings. The Morgan fingerprint density at radius 1 is 1.40 bits per heavy atom. The van der Waals surface area contributed by atoms with Crippen LogP contribution in [0.4, 0.5) is 0 Å². The van der Waals surface area contributed by atoms with Crippen LogP contribution in [0.5, 0.6) is 0 Å². The summed E-state index contributed by atoms with van der Waals surface area (Å²) in [5, 5.41) is 11.4. The lowest BCUT2D eigenvalue weighted by atomic mass is 10.1. The van der Waals surface area contributed by atoms with E-state index in [1.54, 1.807) is 7.05 Å². The topological polar surface area (TPSA) is 52.6 Å². The minimum absolute atomic E-state index is 0.0490. The van der Waals surface area contributed by atoms with Gasteiger partial charge in [0.05, 0.1) is 6.61 Å². The molecule has 0 unspecified atom stereocenters. The normalized spacial score (nSPS) is 10.0. The van der Waals surface area contributed by atoms with Crippen LogP contribution in [0, 0.1) is 11.8 Å². The van der Waals surface area contributed by atoms with Gasteiger partial charge in [0.2, 0.25) is 5.91 Å². The Bertz CT molecular complexity index is 489. The van der Waals surface area contributed by atoms with Crippen LogP contribution in [-0.4, -0.2) is 43.2 Å². The van der Waals surface area contributed by atoms with Crippen molar-refractivity contribution in [2.24, 2.45) is 0 Å². The molecule has 1 aromatic carbocycles. The van der Waals surface area contributed by atoms with Crippen molar-refractivity contribution in [3.63, 3.8) is 0 Å². The Hall–Kier alpha value is -1.83. The summed E-state index contributed by atoms with van der Waals surface area (Å²) in [4.78, 5) is 13.3. The van der Waals surface area contributed by atoms with Gasteiger partial charge >= 0.3 is 0 Å². The largest absolute Gasteiger partial charge is 0.395 e. The zero-order valence-electron chi connectivity index (χ0n) is 12.1. The van der Waals surface area contributed by atoms with Crippen molar-refractivity contribution in [3.8, 4) is 11.8 Å². The highest BCUT2D eigenvalue weighted by atomic mass is 16.2. The first-order valence-electron chi connectivity index (χ1n) is 6.74. The van der Waals surface area contributed by atoms with Crippen molar-refractivity contribution in [3.05, 3.63) is 35.4 Å². The third kappa shape index (κ3) is 5.87. The molecule has 1 aromatic rings. The van der Waals surface area contributed by atoms with Crippen molar-refractivity contribution >= 4 is 5.91 Å². The second-order valence-electron chi connectivity index (χ2n) is 4.59. The number of aliphatic hydroxyl groups is 1. The summed E-state index contributed by atoms with van der Waals surface area (Å²) >= 11 is 0. The molecule has 0 saturated carbocycles. The molecule has 108 valence electrons. The van der Waals surface area contributed by atoms with E-state index in [1.807, 2.05) is 31.3 Å². The maximum absolute atomic E-state index is 11.2. The summed E-state index contributed by atoms with van der Waals surface area (Å²) in [6.07, 6.45) is 0.978. The van der Waals surface area contributed by atoms with E-state index in [9.17, 15) is 4.79 Å². The summed E-state index contributed by atoms with van der Waals surface area (Å²) in [5.41, 5.74) is 2.12. The van der Waals surface area contributed by atoms with Crippen LogP contribution < -0.4 is 5.32 Å². The molecule has 4 heteroatoms. The lowest BCUT2D eigenvalue weighted by Gasteiger charge is -2.17. The number of amides is 1. The van der Waals surface area contributed by atoms with Crippen LogP contribution in [0.2, 0.25) is 0 Å². The predicted octanol–water partition coefficient (Wildman–Crippen LogP) is 0.988. The number of hydrogen-bond donors (Lipinski definition) is 2. The van der Waals surface area contributed by atoms with Gasteiger partial charge in [-0.15, -0.1) is 0 Å². The molecule has 0 fully saturated rings. The molecule has 0 aliphatic carbocycles. The van der Waals surface area contributed by atoms with Crippen LogP contribution in [0.1, 0.15) is 24.0 Å². The van der Waals surface area contributed by atoms with Crippen LogP contribution in [0.15, 0.2) is 24.3 Å². The number of nitrogens with zero attached hydrogens (tertiary/aromatic N) is 1. The molecule has 0 heterocycles. The van der Waals surface area contributed by atoms with Gasteiger partial charge in [-0.3, -0.25) is 4.79 Å². The Morgan fingerprint density at radius 3 is 2.85 bits per heavy atom. The number of carbonyl (C=O) groups is 1. The molecule has 1 rings (SSSR count). The third-order valence-corrected chi connectivity index (χ3v) is 2.92. The smallest absolute Gasteiger partial charge is 0.221 e. The molecule has 0 aromatic heterocycles. The van der Waals surface area contributed by atoms with Crippen molar-refractivity contribution in [2.75, 3.05) is 27.2 Å². The predicted molar refractivity (Wildman–Crippen MR) is 80.0 cm³/mol. The van der Waals surface area contributed by atoms with Gasteiger partial charge in [0.25, 0.3) is 0 Å². The van der Waals surface area contributed by atoms with Crippen LogP contribution in [0.25, 0.3) is 0 Å². The molecule has 4 nitrogen and oxygen atoms in total. The van der Waals surface area contributed by atoms with Gasteiger partial charge in [-0.05, 0) is 18.7 Å². The highest BCUT2D eigenvalue weighted by Gasteiger charge is 2.06. The first-order valence-corrected chi connectivity index (χ1v) is 6.74. The molecule has 20 heavy (non-hydrogen) atoms. The minimum atomic E-state index is 0.0490. The van der Waals surface area contributed by atoms with E-state index in [2.05, 4.69) is 22.1 Å². The lowest BCUT2D eigenvalue weighted by molar-refractivity contribution is -0.120. The second-order valence-corrected chi connectivity index (χ2v) is 4.59. The number of carbonyl (C=O) groups excluding carboxylic acids is 1. The quantitative estimate of drug-likeness (QED) is 0.761. The Morgan fingerprint density at radius 2 is 2.15 bits per heavy atom. The van der Waals surface area contributed by atoms with E-state index >= 15 is 0 Å². The van der Waals surface area contributed by atoms with E-state index in [0.29, 0.717) is 19.4 Å². The third-order valence-electron chi connectivity index (χ3n) is 2.92. The number of aliphatic hydroxyl groups excluding tert-OH is 1. The molecule has 0 spiro atoms. The molecule has 0 radical (unpaired) electrons. The SMILES string of the molecule is CNC(=O)CCN(C)Cc1ccccc1C#CCCO. The van der Waals surface area contributed by atoms with Gasteiger partial charge < -0.3 is 15.3 Å². The standard InChI is InChI=1S/C16H22N2O2/c1-17-16(20)10-11-18(2)13-15-9-4-3-7-14(15)8-5-6-12-19/h3-4,7,9,19H,6,10-13H2,1-2H3,(H,17,20). The Kier molecular flexibility index (Phi) is 7.41. The summed E-state index contributed by atoms with van der Waals surface area (Å²) in [6.45, 7) is 1.54. The average molecular weight is 274 g/mol. The molecule has 0 atom stereocenters. The molecule has 1 amide bonds. The van der Waals surface area contributed by atoms with E-state index in [-0.39, 0.29) is 12.5 Å². The van der Waals surface area contributed by atoms with Crippen molar-refractivity contribution in [1.29, 1.82) is 0 Å². The average Bonchev–Trinajstić information content (AvgIpc) is 2.46. The summed E-state index contributed by atoms with van der Waals surface area (Å²) in [5.74, 6) is 6.07. The number of nitrogens with one attached hydrogen (secondary N) is 1. The van der Waals surface area contributed by atoms with Gasteiger partial charge in [0.1, 0.15) is 0 Å². The van der Waals surface area contributed by atoms with Gasteiger partial charge in [0, 0.05) is 38.5 Å². The zero-order valence-corrected chi connectivity index (χ0v) is 12.1. The maximum Gasteiger partial charge on any atom is 0.221 e. The summed E-state index contributed by atoms with van der Waals surface area (Å²) in [6, 6.07) is 7.96. The first-order chi connectivity index (χ1) is 9.67. The van der Waals surface area contributed by atoms with Crippen LogP contribution in [0.3, 0.4) is 0 Å². The number of rotatable bonds is 6. The fourth-order valence-electron chi connectivity index (χ4n) is 1.78. The van der Waals surface area contributed by atoms with Gasteiger partial charge in [-0.25, -0.2) is 0 Å². The fourth-order valence-corrected chi connectivity index (χ4v) is 1.78. The minimum Gasteiger partial charge on any atom is -0.395 e. The number of benzene rings is 1. The van der Waals surface area contributed by atoms with Crippen molar-refractivity contribution in [2.45, 2.75) is 19.4 Å². The zero-order chi connectivity index (χ0) is 14.8. The summed E-state index contributed by atoms with van der Waals surface area (Å²) < 4.78 is 0.